The lowest BCUT2D eigenvalue weighted by molar-refractivity contribution is -0.148. The van der Waals surface area contributed by atoms with E-state index in [-0.39, 0.29) is 29.3 Å². The van der Waals surface area contributed by atoms with E-state index in [4.69, 9.17) is 26.2 Å². The van der Waals surface area contributed by atoms with E-state index in [0.717, 1.165) is 37.1 Å². The van der Waals surface area contributed by atoms with Gasteiger partial charge in [0.1, 0.15) is 10.9 Å². The van der Waals surface area contributed by atoms with Crippen LogP contribution in [0.2, 0.25) is 5.15 Å². The van der Waals surface area contributed by atoms with Crippen molar-refractivity contribution in [3.05, 3.63) is 68.4 Å². The number of carbonyl (C=O) groups is 2. The predicted molar refractivity (Wildman–Crippen MR) is 171 cm³/mol. The van der Waals surface area contributed by atoms with E-state index in [1.54, 1.807) is 11.9 Å². The summed E-state index contributed by atoms with van der Waals surface area (Å²) in [5.74, 6) is 0.203. The fraction of sp³-hybridized carbons (Fsp3) is 0.438. The van der Waals surface area contributed by atoms with Gasteiger partial charge in [-0.2, -0.15) is 5.10 Å². The van der Waals surface area contributed by atoms with Gasteiger partial charge in [0.05, 0.1) is 36.4 Å². The Morgan fingerprint density at radius 1 is 1.12 bits per heavy atom. The van der Waals surface area contributed by atoms with Crippen molar-refractivity contribution in [2.45, 2.75) is 66.3 Å². The molecule has 0 radical (unpaired) electrons. The zero-order valence-corrected chi connectivity index (χ0v) is 27.2. The molecular formula is C32H37ClIN3O4. The lowest BCUT2D eigenvalue weighted by atomic mass is 9.79. The molecule has 0 N–H and O–H groups in total. The lowest BCUT2D eigenvalue weighted by Crippen LogP contribution is -2.29. The Balaban J connectivity index is 1.60. The summed E-state index contributed by atoms with van der Waals surface area (Å²) in [6.45, 7) is 10.7. The molecule has 0 spiro atoms. The third-order valence-electron chi connectivity index (χ3n) is 7.35. The Hall–Kier alpha value is -2.72. The first-order valence-electron chi connectivity index (χ1n) is 14.1. The van der Waals surface area contributed by atoms with E-state index < -0.39 is 0 Å². The van der Waals surface area contributed by atoms with Gasteiger partial charge in [0.2, 0.25) is 5.91 Å². The molecule has 41 heavy (non-hydrogen) atoms. The molecule has 1 amide bonds. The second-order valence-electron chi connectivity index (χ2n) is 11.2. The first-order chi connectivity index (χ1) is 19.5. The van der Waals surface area contributed by atoms with Crippen molar-refractivity contribution >= 4 is 62.7 Å². The van der Waals surface area contributed by atoms with Crippen LogP contribution in [0, 0.1) is 14.9 Å². The van der Waals surface area contributed by atoms with E-state index in [2.05, 4.69) is 41.4 Å². The number of pyridine rings is 1. The highest BCUT2D eigenvalue weighted by Gasteiger charge is 2.36. The van der Waals surface area contributed by atoms with Crippen molar-refractivity contribution in [3.63, 3.8) is 0 Å². The number of benzene rings is 2. The molecule has 2 heterocycles. The zero-order chi connectivity index (χ0) is 29.7. The summed E-state index contributed by atoms with van der Waals surface area (Å²) < 4.78 is 11.9. The Morgan fingerprint density at radius 3 is 2.54 bits per heavy atom. The van der Waals surface area contributed by atoms with Crippen molar-refractivity contribution in [2.24, 2.45) is 16.4 Å². The fourth-order valence-electron chi connectivity index (χ4n) is 5.29. The molecule has 1 aliphatic heterocycles. The molecule has 2 aromatic carbocycles. The molecule has 0 saturated heterocycles. The normalized spacial score (nSPS) is 16.0. The van der Waals surface area contributed by atoms with Crippen LogP contribution in [0.3, 0.4) is 0 Å². The maximum Gasteiger partial charge on any atom is 0.308 e. The van der Waals surface area contributed by atoms with Crippen LogP contribution in [-0.2, 0) is 14.3 Å². The van der Waals surface area contributed by atoms with Crippen LogP contribution >= 0.6 is 34.2 Å². The molecule has 7 nitrogen and oxygen atoms in total. The van der Waals surface area contributed by atoms with Crippen molar-refractivity contribution in [1.82, 2.24) is 9.99 Å². The monoisotopic (exact) mass is 689 g/mol. The minimum atomic E-state index is -0.380. The van der Waals surface area contributed by atoms with E-state index in [1.165, 1.54) is 0 Å². The number of nitrogens with zero attached hydrogens (tertiary/aromatic N) is 3. The molecule has 0 bridgehead atoms. The van der Waals surface area contributed by atoms with Gasteiger partial charge < -0.3 is 9.47 Å². The molecule has 0 saturated carbocycles. The highest BCUT2D eigenvalue weighted by molar-refractivity contribution is 14.1. The highest BCUT2D eigenvalue weighted by Crippen LogP contribution is 2.39. The van der Waals surface area contributed by atoms with Crippen molar-refractivity contribution in [1.29, 1.82) is 0 Å². The number of esters is 1. The summed E-state index contributed by atoms with van der Waals surface area (Å²) in [6, 6.07) is 15.5. The molecule has 9 heteroatoms. The molecule has 218 valence electrons. The Kier molecular flexibility index (Phi) is 10.3. The molecular weight excluding hydrogens is 653 g/mol. The van der Waals surface area contributed by atoms with Crippen molar-refractivity contribution < 1.29 is 19.1 Å². The van der Waals surface area contributed by atoms with Gasteiger partial charge in [0.25, 0.3) is 0 Å². The molecule has 0 aliphatic carbocycles. The minimum Gasteiger partial charge on any atom is -0.494 e. The van der Waals surface area contributed by atoms with Gasteiger partial charge in [-0.05, 0) is 90.6 Å². The SMILES string of the molecule is CCOC(=O)C(C)CC(C)(C)CCC(=O)N1N=C(c2ccc(I)cc2)CC1c1cc2ccc(OCC)cc2nc1Cl. The Bertz CT molecular complexity index is 1440. The Labute approximate surface area is 260 Å². The van der Waals surface area contributed by atoms with Crippen LogP contribution in [0.4, 0.5) is 0 Å². The topological polar surface area (TPSA) is 81.1 Å². The van der Waals surface area contributed by atoms with Crippen LogP contribution < -0.4 is 4.74 Å². The Morgan fingerprint density at radius 2 is 1.85 bits per heavy atom. The van der Waals surface area contributed by atoms with Gasteiger partial charge in [-0.25, -0.2) is 9.99 Å². The van der Waals surface area contributed by atoms with Crippen LogP contribution in [0.5, 0.6) is 5.75 Å². The number of hydrogen-bond acceptors (Lipinski definition) is 6. The number of halogens is 2. The van der Waals surface area contributed by atoms with E-state index >= 15 is 0 Å². The first-order valence-corrected chi connectivity index (χ1v) is 15.5. The second-order valence-corrected chi connectivity index (χ2v) is 12.8. The van der Waals surface area contributed by atoms with E-state index in [1.807, 2.05) is 62.4 Å². The maximum atomic E-state index is 13.8. The van der Waals surface area contributed by atoms with Gasteiger partial charge >= 0.3 is 5.97 Å². The van der Waals surface area contributed by atoms with Crippen molar-refractivity contribution in [2.75, 3.05) is 13.2 Å². The number of aromatic nitrogens is 1. The third-order valence-corrected chi connectivity index (χ3v) is 8.37. The average molecular weight is 690 g/mol. The fourth-order valence-corrected chi connectivity index (χ4v) is 5.92. The van der Waals surface area contributed by atoms with Gasteiger partial charge in [-0.15, -0.1) is 0 Å². The highest BCUT2D eigenvalue weighted by atomic mass is 127. The number of fused-ring (bicyclic) bond motifs is 1. The molecule has 0 fully saturated rings. The van der Waals surface area contributed by atoms with Crippen LogP contribution in [0.1, 0.15) is 77.5 Å². The molecule has 4 rings (SSSR count). The molecule has 1 aliphatic rings. The number of hydrogen-bond donors (Lipinski definition) is 0. The predicted octanol–water partition coefficient (Wildman–Crippen LogP) is 7.96. The summed E-state index contributed by atoms with van der Waals surface area (Å²) in [7, 11) is 0. The summed E-state index contributed by atoms with van der Waals surface area (Å²) in [5.41, 5.74) is 3.06. The molecule has 1 aromatic heterocycles. The number of hydrazone groups is 1. The van der Waals surface area contributed by atoms with Gasteiger partial charge in [0, 0.05) is 33.4 Å². The number of ether oxygens (including phenoxy) is 2. The quantitative estimate of drug-likeness (QED) is 0.116. The first kappa shape index (κ1) is 31.2. The number of rotatable bonds is 11. The molecule has 2 unspecified atom stereocenters. The lowest BCUT2D eigenvalue weighted by Gasteiger charge is -2.28. The van der Waals surface area contributed by atoms with Gasteiger partial charge in [0.15, 0.2) is 0 Å². The van der Waals surface area contributed by atoms with Crippen LogP contribution in [0.15, 0.2) is 53.6 Å². The summed E-state index contributed by atoms with van der Waals surface area (Å²) in [5, 5.41) is 7.68. The van der Waals surface area contributed by atoms with Crippen molar-refractivity contribution in [3.8, 4) is 5.75 Å². The number of carbonyl (C=O) groups excluding carboxylic acids is 2. The maximum absolute atomic E-state index is 13.8. The smallest absolute Gasteiger partial charge is 0.308 e. The summed E-state index contributed by atoms with van der Waals surface area (Å²) >= 11 is 9.05. The average Bonchev–Trinajstić information content (AvgIpc) is 3.37. The van der Waals surface area contributed by atoms with E-state index in [9.17, 15) is 9.59 Å². The number of amides is 1. The molecule has 3 aromatic rings. The van der Waals surface area contributed by atoms with Gasteiger partial charge in [-0.1, -0.05) is 44.5 Å². The summed E-state index contributed by atoms with van der Waals surface area (Å²) in [6.07, 6.45) is 2.05. The van der Waals surface area contributed by atoms with Gasteiger partial charge in [-0.3, -0.25) is 9.59 Å². The standard InChI is InChI=1S/C32H37ClIN3O4/c1-6-40-24-13-10-22-16-25(30(33)35-26(22)17-24)28-18-27(21-8-11-23(34)12-9-21)36-37(28)29(38)14-15-32(4,5)19-20(3)31(39)41-7-2/h8-13,16-17,20,28H,6-7,14-15,18-19H2,1-5H3. The minimum absolute atomic E-state index is 0.0877. The van der Waals surface area contributed by atoms with Crippen LogP contribution in [0.25, 0.3) is 10.9 Å². The third kappa shape index (κ3) is 7.77. The summed E-state index contributed by atoms with van der Waals surface area (Å²) in [4.78, 5) is 30.6. The van der Waals surface area contributed by atoms with Crippen LogP contribution in [-0.4, -0.2) is 40.8 Å². The largest absolute Gasteiger partial charge is 0.494 e. The second kappa shape index (κ2) is 13.5. The zero-order valence-electron chi connectivity index (χ0n) is 24.2. The molecule has 2 atom stereocenters. The van der Waals surface area contributed by atoms with E-state index in [0.29, 0.717) is 44.1 Å².